The van der Waals surface area contributed by atoms with Crippen LogP contribution in [0.3, 0.4) is 0 Å². The molecule has 5 nitrogen and oxygen atoms in total. The predicted octanol–water partition coefficient (Wildman–Crippen LogP) is 2.05. The van der Waals surface area contributed by atoms with E-state index in [1.54, 1.807) is 23.7 Å². The van der Waals surface area contributed by atoms with Gasteiger partial charge in [0.2, 0.25) is 0 Å². The minimum atomic E-state index is -0.337. The number of rotatable bonds is 3. The van der Waals surface area contributed by atoms with Crippen LogP contribution in [0.25, 0.3) is 11.3 Å². The molecule has 1 N–H and O–H groups in total. The molecule has 24 heavy (non-hydrogen) atoms. The Labute approximate surface area is 140 Å². The molecule has 3 fully saturated rings. The number of amides is 1. The third-order valence-electron chi connectivity index (χ3n) is 5.37. The highest BCUT2D eigenvalue weighted by Crippen LogP contribution is 2.28. The van der Waals surface area contributed by atoms with Crippen molar-refractivity contribution in [2.24, 2.45) is 13.0 Å². The van der Waals surface area contributed by atoms with Crippen LogP contribution in [0.4, 0.5) is 4.39 Å². The van der Waals surface area contributed by atoms with Crippen LogP contribution in [0.2, 0.25) is 0 Å². The van der Waals surface area contributed by atoms with Gasteiger partial charge in [-0.3, -0.25) is 9.78 Å². The molecular formula is C18H21FN4O. The van der Waals surface area contributed by atoms with E-state index < -0.39 is 0 Å². The van der Waals surface area contributed by atoms with E-state index in [0.29, 0.717) is 22.9 Å². The van der Waals surface area contributed by atoms with E-state index in [-0.39, 0.29) is 17.8 Å². The topological polar surface area (TPSA) is 50.2 Å². The number of piperidine rings is 3. The van der Waals surface area contributed by atoms with Crippen LogP contribution in [0.5, 0.6) is 0 Å². The average molecular weight is 328 g/mol. The third-order valence-corrected chi connectivity index (χ3v) is 5.37. The number of carbonyl (C=O) groups is 1. The summed E-state index contributed by atoms with van der Waals surface area (Å²) in [6, 6.07) is 5.06. The first-order valence-corrected chi connectivity index (χ1v) is 8.42. The molecule has 0 aliphatic carbocycles. The van der Waals surface area contributed by atoms with Crippen molar-refractivity contribution < 1.29 is 9.18 Å². The highest BCUT2D eigenvalue weighted by molar-refractivity contribution is 5.94. The summed E-state index contributed by atoms with van der Waals surface area (Å²) in [7, 11) is 1.78. The van der Waals surface area contributed by atoms with Gasteiger partial charge in [-0.25, -0.2) is 4.39 Å². The maximum absolute atomic E-state index is 14.0. The third kappa shape index (κ3) is 2.60. The fourth-order valence-corrected chi connectivity index (χ4v) is 3.95. The van der Waals surface area contributed by atoms with Gasteiger partial charge >= 0.3 is 0 Å². The van der Waals surface area contributed by atoms with Gasteiger partial charge in [0.1, 0.15) is 11.5 Å². The van der Waals surface area contributed by atoms with E-state index in [1.807, 2.05) is 0 Å². The number of aromatic nitrogens is 2. The molecule has 3 aliphatic rings. The Morgan fingerprint density at radius 2 is 2.08 bits per heavy atom. The van der Waals surface area contributed by atoms with E-state index in [9.17, 15) is 9.18 Å². The predicted molar refractivity (Wildman–Crippen MR) is 89.0 cm³/mol. The Kier molecular flexibility index (Phi) is 3.84. The number of halogens is 1. The zero-order chi connectivity index (χ0) is 16.7. The summed E-state index contributed by atoms with van der Waals surface area (Å²) >= 11 is 0. The SMILES string of the molecule is Cn1c(C(=O)N[C@H]2CN3CCC2CC3)ccc1-c1cnccc1F. The molecule has 3 aliphatic heterocycles. The minimum Gasteiger partial charge on any atom is -0.346 e. The van der Waals surface area contributed by atoms with E-state index in [0.717, 1.165) is 32.5 Å². The zero-order valence-electron chi connectivity index (χ0n) is 13.7. The van der Waals surface area contributed by atoms with Crippen LogP contribution in [0.1, 0.15) is 23.3 Å². The van der Waals surface area contributed by atoms with Gasteiger partial charge in [-0.15, -0.1) is 0 Å². The molecule has 0 saturated carbocycles. The van der Waals surface area contributed by atoms with Crippen molar-refractivity contribution in [3.8, 4) is 11.3 Å². The Balaban J connectivity index is 1.55. The van der Waals surface area contributed by atoms with E-state index in [1.165, 1.54) is 18.5 Å². The number of carbonyl (C=O) groups excluding carboxylic acids is 1. The van der Waals surface area contributed by atoms with Crippen molar-refractivity contribution in [1.82, 2.24) is 19.8 Å². The first kappa shape index (κ1) is 15.3. The van der Waals surface area contributed by atoms with E-state index in [2.05, 4.69) is 15.2 Å². The largest absolute Gasteiger partial charge is 0.346 e. The van der Waals surface area contributed by atoms with E-state index >= 15 is 0 Å². The summed E-state index contributed by atoms with van der Waals surface area (Å²) in [4.78, 5) is 19.1. The number of nitrogens with one attached hydrogen (secondary N) is 1. The second kappa shape index (κ2) is 6.02. The first-order valence-electron chi connectivity index (χ1n) is 8.42. The summed E-state index contributed by atoms with van der Waals surface area (Å²) in [5.74, 6) is 0.150. The van der Waals surface area contributed by atoms with Crippen molar-refractivity contribution in [3.63, 3.8) is 0 Å². The minimum absolute atomic E-state index is 0.0909. The van der Waals surface area contributed by atoms with Crippen molar-refractivity contribution in [2.75, 3.05) is 19.6 Å². The van der Waals surface area contributed by atoms with E-state index in [4.69, 9.17) is 0 Å². The van der Waals surface area contributed by atoms with Crippen molar-refractivity contribution in [1.29, 1.82) is 0 Å². The van der Waals surface area contributed by atoms with Gasteiger partial charge in [0.05, 0.1) is 11.3 Å². The summed E-state index contributed by atoms with van der Waals surface area (Å²) in [5, 5.41) is 3.18. The lowest BCUT2D eigenvalue weighted by Crippen LogP contribution is -2.57. The lowest BCUT2D eigenvalue weighted by Gasteiger charge is -2.44. The fourth-order valence-electron chi connectivity index (χ4n) is 3.95. The lowest BCUT2D eigenvalue weighted by atomic mass is 9.84. The Hall–Kier alpha value is -2.21. The van der Waals surface area contributed by atoms with Crippen LogP contribution in [0, 0.1) is 11.7 Å². The lowest BCUT2D eigenvalue weighted by molar-refractivity contribution is 0.0616. The van der Waals surface area contributed by atoms with Gasteiger partial charge in [0, 0.05) is 32.0 Å². The monoisotopic (exact) mass is 328 g/mol. The number of hydrogen-bond acceptors (Lipinski definition) is 3. The maximum Gasteiger partial charge on any atom is 0.268 e. The first-order chi connectivity index (χ1) is 11.6. The standard InChI is InChI=1S/C18H21FN4O/c1-22-16(13-10-20-7-4-14(13)19)2-3-17(22)18(24)21-15-11-23-8-5-12(15)6-9-23/h2-4,7,10,12,15H,5-6,8-9,11H2,1H3,(H,21,24)/t15-/m0/s1. The molecule has 6 heteroatoms. The van der Waals surface area contributed by atoms with Crippen LogP contribution in [-0.4, -0.2) is 46.0 Å². The molecule has 0 aromatic carbocycles. The number of fused-ring (bicyclic) bond motifs is 3. The molecule has 2 aromatic heterocycles. The molecule has 0 radical (unpaired) electrons. The molecule has 5 heterocycles. The molecule has 2 aromatic rings. The second-order valence-electron chi connectivity index (χ2n) is 6.74. The van der Waals surface area contributed by atoms with Crippen molar-refractivity contribution in [3.05, 3.63) is 42.1 Å². The molecule has 2 bridgehead atoms. The van der Waals surface area contributed by atoms with Crippen molar-refractivity contribution in [2.45, 2.75) is 18.9 Å². The van der Waals surface area contributed by atoms with Gasteiger partial charge in [-0.05, 0) is 50.0 Å². The molecule has 1 amide bonds. The fraction of sp³-hybridized carbons (Fsp3) is 0.444. The number of pyridine rings is 1. The quantitative estimate of drug-likeness (QED) is 0.938. The molecule has 0 spiro atoms. The van der Waals surface area contributed by atoms with Gasteiger partial charge in [-0.1, -0.05) is 0 Å². The normalized spacial score (nSPS) is 25.7. The molecular weight excluding hydrogens is 307 g/mol. The molecule has 126 valence electrons. The molecule has 1 atom stereocenters. The van der Waals surface area contributed by atoms with Gasteiger partial charge < -0.3 is 14.8 Å². The number of hydrogen-bond donors (Lipinski definition) is 1. The Morgan fingerprint density at radius 3 is 2.75 bits per heavy atom. The summed E-state index contributed by atoms with van der Waals surface area (Å²) < 4.78 is 15.7. The number of nitrogens with zero attached hydrogens (tertiary/aromatic N) is 3. The Bertz CT molecular complexity index is 764. The van der Waals surface area contributed by atoms with Gasteiger partial charge in [-0.2, -0.15) is 0 Å². The molecule has 3 saturated heterocycles. The molecule has 0 unspecified atom stereocenters. The van der Waals surface area contributed by atoms with Crippen LogP contribution in [-0.2, 0) is 7.05 Å². The van der Waals surface area contributed by atoms with Crippen LogP contribution < -0.4 is 5.32 Å². The summed E-state index contributed by atoms with van der Waals surface area (Å²) in [5.41, 5.74) is 1.60. The summed E-state index contributed by atoms with van der Waals surface area (Å²) in [6.45, 7) is 3.22. The van der Waals surface area contributed by atoms with Gasteiger partial charge in [0.15, 0.2) is 0 Å². The summed E-state index contributed by atoms with van der Waals surface area (Å²) in [6.07, 6.45) is 5.22. The van der Waals surface area contributed by atoms with Gasteiger partial charge in [0.25, 0.3) is 5.91 Å². The molecule has 5 rings (SSSR count). The zero-order valence-corrected chi connectivity index (χ0v) is 13.7. The average Bonchev–Trinajstić information content (AvgIpc) is 2.98. The Morgan fingerprint density at radius 1 is 1.29 bits per heavy atom. The van der Waals surface area contributed by atoms with Crippen LogP contribution >= 0.6 is 0 Å². The highest BCUT2D eigenvalue weighted by Gasteiger charge is 2.35. The van der Waals surface area contributed by atoms with Crippen LogP contribution in [0.15, 0.2) is 30.6 Å². The second-order valence-corrected chi connectivity index (χ2v) is 6.74. The highest BCUT2D eigenvalue weighted by atomic mass is 19.1. The smallest absolute Gasteiger partial charge is 0.268 e. The maximum atomic E-state index is 14.0. The van der Waals surface area contributed by atoms with Crippen molar-refractivity contribution >= 4 is 5.91 Å².